The van der Waals surface area contributed by atoms with Crippen LogP contribution in [0.15, 0.2) is 0 Å². The number of thiol groups is 1. The van der Waals surface area contributed by atoms with Gasteiger partial charge < -0.3 is 10.4 Å². The Bertz CT molecular complexity index is 366. The number of carbonyl (C=O) groups excluding carboxylic acids is 1. The molecule has 0 spiro atoms. The molecule has 2 atom stereocenters. The molecule has 0 aromatic carbocycles. The summed E-state index contributed by atoms with van der Waals surface area (Å²) < 4.78 is 0. The molecule has 0 radical (unpaired) electrons. The summed E-state index contributed by atoms with van der Waals surface area (Å²) in [5, 5.41) is 12.2. The van der Waals surface area contributed by atoms with Crippen LogP contribution in [0, 0.1) is 11.3 Å². The molecule has 0 aromatic heterocycles. The Morgan fingerprint density at radius 3 is 2.45 bits per heavy atom. The van der Waals surface area contributed by atoms with E-state index in [1.54, 1.807) is 0 Å². The number of hydrogen-bond acceptors (Lipinski definition) is 3. The molecule has 0 heterocycles. The Hall–Kier alpha value is -0.710. The third kappa shape index (κ3) is 3.48. The highest BCUT2D eigenvalue weighted by Gasteiger charge is 2.39. The van der Waals surface area contributed by atoms with Gasteiger partial charge in [0, 0.05) is 11.8 Å². The van der Waals surface area contributed by atoms with Gasteiger partial charge in [-0.3, -0.25) is 9.59 Å². The van der Waals surface area contributed by atoms with Gasteiger partial charge in [0.2, 0.25) is 5.91 Å². The Balaban J connectivity index is 1.94. The third-order valence-corrected chi connectivity index (χ3v) is 5.56. The second-order valence-corrected chi connectivity index (χ2v) is 6.69. The van der Waals surface area contributed by atoms with Gasteiger partial charge in [-0.1, -0.05) is 25.7 Å². The predicted molar refractivity (Wildman–Crippen MR) is 80.9 cm³/mol. The average molecular weight is 299 g/mol. The largest absolute Gasteiger partial charge is 0.481 e. The van der Waals surface area contributed by atoms with Gasteiger partial charge in [0.15, 0.2) is 0 Å². The van der Waals surface area contributed by atoms with Crippen molar-refractivity contribution in [2.45, 2.75) is 63.8 Å². The van der Waals surface area contributed by atoms with E-state index in [9.17, 15) is 9.59 Å². The van der Waals surface area contributed by atoms with Crippen molar-refractivity contribution >= 4 is 24.5 Å². The van der Waals surface area contributed by atoms with Crippen molar-refractivity contribution in [3.8, 4) is 0 Å². The molecular formula is C15H25NO3S. The molecule has 4 nitrogen and oxygen atoms in total. The number of carboxylic acids is 1. The number of carbonyl (C=O) groups is 2. The molecule has 0 saturated heterocycles. The molecular weight excluding hydrogens is 274 g/mol. The van der Waals surface area contributed by atoms with E-state index in [1.807, 2.05) is 0 Å². The molecule has 20 heavy (non-hydrogen) atoms. The highest BCUT2D eigenvalue weighted by molar-refractivity contribution is 7.80. The van der Waals surface area contributed by atoms with Crippen molar-refractivity contribution in [3.63, 3.8) is 0 Å². The van der Waals surface area contributed by atoms with E-state index < -0.39 is 5.97 Å². The molecule has 0 bridgehead atoms. The summed E-state index contributed by atoms with van der Waals surface area (Å²) in [6.45, 7) is 0. The van der Waals surface area contributed by atoms with Gasteiger partial charge in [0.1, 0.15) is 0 Å². The van der Waals surface area contributed by atoms with E-state index in [0.29, 0.717) is 12.2 Å². The van der Waals surface area contributed by atoms with Crippen LogP contribution in [0.25, 0.3) is 0 Å². The van der Waals surface area contributed by atoms with Crippen molar-refractivity contribution in [3.05, 3.63) is 0 Å². The van der Waals surface area contributed by atoms with Gasteiger partial charge in [-0.05, 0) is 32.1 Å². The van der Waals surface area contributed by atoms with Crippen molar-refractivity contribution in [1.82, 2.24) is 5.32 Å². The highest BCUT2D eigenvalue weighted by Crippen LogP contribution is 2.38. The van der Waals surface area contributed by atoms with Crippen LogP contribution in [0.1, 0.15) is 57.8 Å². The SMILES string of the molecule is O=C(O)[C@H]1CCC[C@@H](NC(=O)C2(CS)CCCCC2)C1. The lowest BCUT2D eigenvalue weighted by molar-refractivity contribution is -0.144. The van der Waals surface area contributed by atoms with E-state index in [4.69, 9.17) is 5.11 Å². The Morgan fingerprint density at radius 2 is 1.85 bits per heavy atom. The topological polar surface area (TPSA) is 66.4 Å². The number of hydrogen-bond donors (Lipinski definition) is 3. The number of nitrogens with one attached hydrogen (secondary N) is 1. The first-order chi connectivity index (χ1) is 9.57. The summed E-state index contributed by atoms with van der Waals surface area (Å²) in [5.74, 6) is -0.338. The smallest absolute Gasteiger partial charge is 0.306 e. The van der Waals surface area contributed by atoms with Gasteiger partial charge in [-0.25, -0.2) is 0 Å². The van der Waals surface area contributed by atoms with E-state index in [1.165, 1.54) is 6.42 Å². The zero-order chi connectivity index (χ0) is 14.6. The lowest BCUT2D eigenvalue weighted by Gasteiger charge is -2.37. The van der Waals surface area contributed by atoms with E-state index in [0.717, 1.165) is 44.9 Å². The first kappa shape index (κ1) is 15.7. The number of rotatable bonds is 4. The molecule has 2 saturated carbocycles. The van der Waals surface area contributed by atoms with Crippen molar-refractivity contribution in [2.75, 3.05) is 5.75 Å². The molecule has 2 N–H and O–H groups in total. The molecule has 0 unspecified atom stereocenters. The minimum Gasteiger partial charge on any atom is -0.481 e. The second-order valence-electron chi connectivity index (χ2n) is 6.37. The summed E-state index contributed by atoms with van der Waals surface area (Å²) in [7, 11) is 0. The van der Waals surface area contributed by atoms with Crippen molar-refractivity contribution in [2.24, 2.45) is 11.3 Å². The minimum absolute atomic E-state index is 0.0241. The van der Waals surface area contributed by atoms with Crippen LogP contribution in [-0.4, -0.2) is 28.8 Å². The zero-order valence-corrected chi connectivity index (χ0v) is 12.8. The molecule has 2 aliphatic carbocycles. The van der Waals surface area contributed by atoms with Gasteiger partial charge in [-0.15, -0.1) is 0 Å². The van der Waals surface area contributed by atoms with Crippen LogP contribution in [0.3, 0.4) is 0 Å². The molecule has 2 fully saturated rings. The number of carboxylic acid groups (broad SMARTS) is 1. The summed E-state index contributed by atoms with van der Waals surface area (Å²) >= 11 is 4.40. The van der Waals surface area contributed by atoms with Crippen LogP contribution >= 0.6 is 12.6 Å². The maximum Gasteiger partial charge on any atom is 0.306 e. The lowest BCUT2D eigenvalue weighted by atomic mass is 9.74. The summed E-state index contributed by atoms with van der Waals surface area (Å²) in [6.07, 6.45) is 8.31. The van der Waals surface area contributed by atoms with Gasteiger partial charge in [-0.2, -0.15) is 12.6 Å². The van der Waals surface area contributed by atoms with Gasteiger partial charge in [0.05, 0.1) is 11.3 Å². The van der Waals surface area contributed by atoms with E-state index in [-0.39, 0.29) is 23.3 Å². The maximum absolute atomic E-state index is 12.6. The fourth-order valence-electron chi connectivity index (χ4n) is 3.57. The van der Waals surface area contributed by atoms with Gasteiger partial charge >= 0.3 is 5.97 Å². The molecule has 2 aliphatic rings. The molecule has 114 valence electrons. The molecule has 0 aliphatic heterocycles. The Kier molecular flexibility index (Phi) is 5.35. The van der Waals surface area contributed by atoms with Gasteiger partial charge in [0.25, 0.3) is 0 Å². The highest BCUT2D eigenvalue weighted by atomic mass is 32.1. The first-order valence-electron chi connectivity index (χ1n) is 7.72. The standard InChI is InChI=1S/C15H25NO3S/c17-13(18)11-5-4-6-12(9-11)16-14(19)15(10-20)7-2-1-3-8-15/h11-12,20H,1-10H2,(H,16,19)(H,17,18)/t11-,12+/m0/s1. The van der Waals surface area contributed by atoms with E-state index in [2.05, 4.69) is 17.9 Å². The van der Waals surface area contributed by atoms with Crippen LogP contribution < -0.4 is 5.32 Å². The average Bonchev–Trinajstić information content (AvgIpc) is 2.48. The maximum atomic E-state index is 12.6. The normalized spacial score (nSPS) is 29.6. The number of amides is 1. The molecule has 1 amide bonds. The quantitative estimate of drug-likeness (QED) is 0.699. The molecule has 0 aromatic rings. The summed E-state index contributed by atoms with van der Waals surface area (Å²) in [5.41, 5.74) is -0.322. The summed E-state index contributed by atoms with van der Waals surface area (Å²) in [4.78, 5) is 23.7. The predicted octanol–water partition coefficient (Wildman–Crippen LogP) is 2.63. The number of aliphatic carboxylic acids is 1. The van der Waals surface area contributed by atoms with Crippen LogP contribution in [-0.2, 0) is 9.59 Å². The minimum atomic E-state index is -0.731. The second kappa shape index (κ2) is 6.83. The molecule has 2 rings (SSSR count). The van der Waals surface area contributed by atoms with Crippen molar-refractivity contribution < 1.29 is 14.7 Å². The first-order valence-corrected chi connectivity index (χ1v) is 8.35. The lowest BCUT2D eigenvalue weighted by Crippen LogP contribution is -2.49. The monoisotopic (exact) mass is 299 g/mol. The Labute approximate surface area is 126 Å². The van der Waals surface area contributed by atoms with E-state index >= 15 is 0 Å². The third-order valence-electron chi connectivity index (χ3n) is 4.95. The van der Waals surface area contributed by atoms with Crippen LogP contribution in [0.5, 0.6) is 0 Å². The zero-order valence-electron chi connectivity index (χ0n) is 11.9. The van der Waals surface area contributed by atoms with Crippen LogP contribution in [0.4, 0.5) is 0 Å². The Morgan fingerprint density at radius 1 is 1.15 bits per heavy atom. The molecule has 5 heteroatoms. The fraction of sp³-hybridized carbons (Fsp3) is 0.867. The van der Waals surface area contributed by atoms with Crippen molar-refractivity contribution in [1.29, 1.82) is 0 Å². The van der Waals surface area contributed by atoms with Crippen LogP contribution in [0.2, 0.25) is 0 Å². The fourth-order valence-corrected chi connectivity index (χ4v) is 4.03. The summed E-state index contributed by atoms with van der Waals surface area (Å²) in [6, 6.07) is 0.0241.